The van der Waals surface area contributed by atoms with Crippen LogP contribution in [0.1, 0.15) is 28.8 Å². The van der Waals surface area contributed by atoms with E-state index in [2.05, 4.69) is 17.9 Å². The molecular formula is C12H17NO2S. The van der Waals surface area contributed by atoms with Crippen molar-refractivity contribution >= 4 is 18.5 Å². The number of aliphatic hydroxyl groups is 1. The number of unbranched alkanes of at least 4 members (excludes halogenated alkanes) is 1. The van der Waals surface area contributed by atoms with Crippen LogP contribution >= 0.6 is 12.6 Å². The van der Waals surface area contributed by atoms with Gasteiger partial charge in [-0.15, -0.1) is 0 Å². The number of aliphatic hydroxyl groups excluding tert-OH is 1. The minimum atomic E-state index is -0.0680. The van der Waals surface area contributed by atoms with E-state index in [1.165, 1.54) is 0 Å². The number of nitrogens with one attached hydrogen (secondary N) is 1. The van der Waals surface area contributed by atoms with Crippen LogP contribution in [0.4, 0.5) is 0 Å². The van der Waals surface area contributed by atoms with Crippen molar-refractivity contribution in [2.45, 2.75) is 18.6 Å². The maximum atomic E-state index is 11.7. The van der Waals surface area contributed by atoms with E-state index in [9.17, 15) is 4.79 Å². The third kappa shape index (κ3) is 4.24. The summed E-state index contributed by atoms with van der Waals surface area (Å²) in [5, 5.41) is 11.4. The first-order valence-corrected chi connectivity index (χ1v) is 6.00. The predicted molar refractivity (Wildman–Crippen MR) is 67.8 cm³/mol. The quantitative estimate of drug-likeness (QED) is 0.522. The number of hydrogen-bond acceptors (Lipinski definition) is 3. The summed E-state index contributed by atoms with van der Waals surface area (Å²) < 4.78 is 0. The minimum absolute atomic E-state index is 0.0680. The zero-order chi connectivity index (χ0) is 11.8. The molecule has 1 amide bonds. The molecule has 1 rings (SSSR count). The molecule has 0 unspecified atom stereocenters. The number of thiol groups is 1. The molecule has 0 aliphatic heterocycles. The van der Waals surface area contributed by atoms with Crippen LogP contribution in [0.2, 0.25) is 0 Å². The third-order valence-electron chi connectivity index (χ3n) is 2.24. The van der Waals surface area contributed by atoms with Crippen LogP contribution in [0.5, 0.6) is 0 Å². The minimum Gasteiger partial charge on any atom is -0.396 e. The van der Waals surface area contributed by atoms with Gasteiger partial charge in [-0.2, -0.15) is 12.6 Å². The van der Waals surface area contributed by atoms with E-state index in [1.807, 2.05) is 18.2 Å². The van der Waals surface area contributed by atoms with Crippen LogP contribution < -0.4 is 5.32 Å². The summed E-state index contributed by atoms with van der Waals surface area (Å²) in [6, 6.07) is 7.42. The summed E-state index contributed by atoms with van der Waals surface area (Å²) in [5.74, 6) is 0.563. The maximum absolute atomic E-state index is 11.7. The van der Waals surface area contributed by atoms with Crippen molar-refractivity contribution in [3.05, 3.63) is 35.4 Å². The zero-order valence-corrected chi connectivity index (χ0v) is 10.0. The molecular weight excluding hydrogens is 222 g/mol. The van der Waals surface area contributed by atoms with Crippen LogP contribution in [0.3, 0.4) is 0 Å². The molecule has 0 aromatic heterocycles. The molecule has 88 valence electrons. The average Bonchev–Trinajstić information content (AvgIpc) is 2.34. The Labute approximate surface area is 101 Å². The SMILES string of the molecule is O=C(NCCCCO)c1cccc(CS)c1. The van der Waals surface area contributed by atoms with Gasteiger partial charge in [-0.05, 0) is 30.5 Å². The number of carbonyl (C=O) groups excluding carboxylic acids is 1. The molecule has 2 N–H and O–H groups in total. The number of rotatable bonds is 6. The molecule has 3 nitrogen and oxygen atoms in total. The van der Waals surface area contributed by atoms with Gasteiger partial charge in [0.05, 0.1) is 0 Å². The Morgan fingerprint density at radius 3 is 2.88 bits per heavy atom. The molecule has 16 heavy (non-hydrogen) atoms. The lowest BCUT2D eigenvalue weighted by Crippen LogP contribution is -2.24. The summed E-state index contributed by atoms with van der Waals surface area (Å²) in [4.78, 5) is 11.7. The van der Waals surface area contributed by atoms with Gasteiger partial charge in [0.2, 0.25) is 0 Å². The van der Waals surface area contributed by atoms with E-state index in [-0.39, 0.29) is 12.5 Å². The van der Waals surface area contributed by atoms with Crippen LogP contribution in [-0.4, -0.2) is 24.2 Å². The fourth-order valence-corrected chi connectivity index (χ4v) is 1.55. The Morgan fingerprint density at radius 1 is 1.38 bits per heavy atom. The summed E-state index contributed by atoms with van der Waals surface area (Å²) >= 11 is 4.16. The highest BCUT2D eigenvalue weighted by Gasteiger charge is 2.04. The van der Waals surface area contributed by atoms with Gasteiger partial charge in [0.1, 0.15) is 0 Å². The molecule has 0 spiro atoms. The number of amides is 1. The van der Waals surface area contributed by atoms with Crippen molar-refractivity contribution in [3.8, 4) is 0 Å². The molecule has 0 saturated carbocycles. The molecule has 0 atom stereocenters. The lowest BCUT2D eigenvalue weighted by atomic mass is 10.1. The van der Waals surface area contributed by atoms with Crippen molar-refractivity contribution in [1.82, 2.24) is 5.32 Å². The van der Waals surface area contributed by atoms with E-state index in [0.717, 1.165) is 18.4 Å². The van der Waals surface area contributed by atoms with Crippen molar-refractivity contribution in [1.29, 1.82) is 0 Å². The molecule has 1 aromatic carbocycles. The van der Waals surface area contributed by atoms with Crippen molar-refractivity contribution < 1.29 is 9.90 Å². The van der Waals surface area contributed by atoms with Gasteiger partial charge in [0, 0.05) is 24.5 Å². The Bertz CT molecular complexity index is 342. The Kier molecular flexibility index (Phi) is 5.96. The van der Waals surface area contributed by atoms with Crippen LogP contribution in [0.15, 0.2) is 24.3 Å². The zero-order valence-electron chi connectivity index (χ0n) is 9.15. The van der Waals surface area contributed by atoms with Crippen LogP contribution in [-0.2, 0) is 5.75 Å². The molecule has 0 bridgehead atoms. The monoisotopic (exact) mass is 239 g/mol. The highest BCUT2D eigenvalue weighted by molar-refractivity contribution is 7.79. The first-order valence-electron chi connectivity index (χ1n) is 5.37. The fourth-order valence-electron chi connectivity index (χ4n) is 1.35. The third-order valence-corrected chi connectivity index (χ3v) is 2.61. The van der Waals surface area contributed by atoms with Crippen molar-refractivity contribution in [2.24, 2.45) is 0 Å². The van der Waals surface area contributed by atoms with Gasteiger partial charge in [0.15, 0.2) is 0 Å². The van der Waals surface area contributed by atoms with Gasteiger partial charge < -0.3 is 10.4 Å². The lowest BCUT2D eigenvalue weighted by Gasteiger charge is -2.05. The number of benzene rings is 1. The molecule has 0 aliphatic carbocycles. The maximum Gasteiger partial charge on any atom is 0.251 e. The van der Waals surface area contributed by atoms with Crippen molar-refractivity contribution in [2.75, 3.05) is 13.2 Å². The Balaban J connectivity index is 2.46. The van der Waals surface area contributed by atoms with Crippen molar-refractivity contribution in [3.63, 3.8) is 0 Å². The second kappa shape index (κ2) is 7.30. The molecule has 4 heteroatoms. The molecule has 0 aliphatic rings. The van der Waals surface area contributed by atoms with Crippen LogP contribution in [0.25, 0.3) is 0 Å². The summed E-state index contributed by atoms with van der Waals surface area (Å²) in [7, 11) is 0. The molecule has 0 radical (unpaired) electrons. The first kappa shape index (κ1) is 13.1. The summed E-state index contributed by atoms with van der Waals surface area (Å²) in [5.41, 5.74) is 1.70. The number of hydrogen-bond donors (Lipinski definition) is 3. The van der Waals surface area contributed by atoms with E-state index in [4.69, 9.17) is 5.11 Å². The van der Waals surface area contributed by atoms with Gasteiger partial charge in [0.25, 0.3) is 5.91 Å². The van der Waals surface area contributed by atoms with Gasteiger partial charge in [-0.25, -0.2) is 0 Å². The molecule has 0 heterocycles. The number of carbonyl (C=O) groups is 1. The average molecular weight is 239 g/mol. The topological polar surface area (TPSA) is 49.3 Å². The molecule has 0 fully saturated rings. The highest BCUT2D eigenvalue weighted by Crippen LogP contribution is 2.07. The van der Waals surface area contributed by atoms with E-state index < -0.39 is 0 Å². The van der Waals surface area contributed by atoms with E-state index in [0.29, 0.717) is 17.9 Å². The first-order chi connectivity index (χ1) is 7.77. The molecule has 0 saturated heterocycles. The van der Waals surface area contributed by atoms with E-state index in [1.54, 1.807) is 6.07 Å². The van der Waals surface area contributed by atoms with Gasteiger partial charge in [-0.1, -0.05) is 12.1 Å². The highest BCUT2D eigenvalue weighted by atomic mass is 32.1. The summed E-state index contributed by atoms with van der Waals surface area (Å²) in [6.45, 7) is 0.773. The smallest absolute Gasteiger partial charge is 0.251 e. The lowest BCUT2D eigenvalue weighted by molar-refractivity contribution is 0.0952. The van der Waals surface area contributed by atoms with Gasteiger partial charge >= 0.3 is 0 Å². The second-order valence-electron chi connectivity index (χ2n) is 3.55. The fraction of sp³-hybridized carbons (Fsp3) is 0.417. The second-order valence-corrected chi connectivity index (χ2v) is 3.86. The van der Waals surface area contributed by atoms with Gasteiger partial charge in [-0.3, -0.25) is 4.79 Å². The van der Waals surface area contributed by atoms with E-state index >= 15 is 0 Å². The Hall–Kier alpha value is -1.00. The largest absolute Gasteiger partial charge is 0.396 e. The molecule has 1 aromatic rings. The summed E-state index contributed by atoms with van der Waals surface area (Å²) in [6.07, 6.45) is 1.52. The predicted octanol–water partition coefficient (Wildman–Crippen LogP) is 1.62. The Morgan fingerprint density at radius 2 is 2.19 bits per heavy atom. The normalized spacial score (nSPS) is 10.1. The van der Waals surface area contributed by atoms with Crippen LogP contribution in [0, 0.1) is 0 Å². The standard InChI is InChI=1S/C12H17NO2S/c14-7-2-1-6-13-12(15)11-5-3-4-10(8-11)9-16/h3-5,8,14,16H,1-2,6-7,9H2,(H,13,15).